The third-order valence-electron chi connectivity index (χ3n) is 16.3. The van der Waals surface area contributed by atoms with Crippen LogP contribution in [0.15, 0.2) is 89.0 Å². The Kier molecular flexibility index (Phi) is 14.9. The number of β-amino-alcohol motifs (C(OH)–C–C–N with tert-alkyl or cyclic N) is 1. The highest BCUT2D eigenvalue weighted by molar-refractivity contribution is 7.13. The fraction of sp³-hybridized carbons (Fsp3) is 0.491. The fourth-order valence-electron chi connectivity index (χ4n) is 12.3. The lowest BCUT2D eigenvalue weighted by molar-refractivity contribution is -0.141. The van der Waals surface area contributed by atoms with Gasteiger partial charge >= 0.3 is 0 Å². The van der Waals surface area contributed by atoms with Gasteiger partial charge in [-0.15, -0.1) is 21.5 Å². The summed E-state index contributed by atoms with van der Waals surface area (Å²) in [4.78, 5) is 46.9. The molecule has 4 saturated heterocycles. The molecule has 8 heterocycles. The summed E-state index contributed by atoms with van der Waals surface area (Å²) in [5.41, 5.74) is 14.4. The van der Waals surface area contributed by atoms with E-state index >= 15 is 0 Å². The molecule has 76 heavy (non-hydrogen) atoms. The summed E-state index contributed by atoms with van der Waals surface area (Å²) in [5, 5.41) is 37.4. The molecule has 4 aliphatic heterocycles. The Morgan fingerprint density at radius 1 is 0.842 bits per heavy atom. The number of benzene rings is 2. The molecule has 2 bridgehead atoms. The molecule has 4 aromatic heterocycles. The van der Waals surface area contributed by atoms with Gasteiger partial charge in [0.25, 0.3) is 0 Å². The number of aliphatic hydroxyl groups excluding tert-OH is 1. The van der Waals surface area contributed by atoms with Gasteiger partial charge in [-0.1, -0.05) is 55.4 Å². The van der Waals surface area contributed by atoms with Gasteiger partial charge in [-0.3, -0.25) is 9.59 Å². The molecule has 2 amide bonds. The lowest BCUT2D eigenvalue weighted by Crippen LogP contribution is -2.54. The molecule has 19 heteroatoms. The Bertz CT molecular complexity index is 2980. The van der Waals surface area contributed by atoms with E-state index < -0.39 is 18.1 Å². The van der Waals surface area contributed by atoms with Crippen molar-refractivity contribution in [3.05, 3.63) is 102 Å². The minimum absolute atomic E-state index is 0.0667. The number of ether oxygens (including phenoxy) is 2. The number of amides is 2. The summed E-state index contributed by atoms with van der Waals surface area (Å²) in [6.07, 6.45) is 9.04. The normalized spacial score (nSPS) is 23.8. The highest BCUT2D eigenvalue weighted by Crippen LogP contribution is 2.41. The summed E-state index contributed by atoms with van der Waals surface area (Å²) in [6.45, 7) is 11.0. The van der Waals surface area contributed by atoms with Crippen molar-refractivity contribution in [2.75, 3.05) is 53.2 Å². The lowest BCUT2D eigenvalue weighted by Gasteiger charge is -2.43. The number of hydrogen-bond acceptors (Lipinski definition) is 17. The number of aryl methyl sites for hydroxylation is 1. The zero-order valence-corrected chi connectivity index (χ0v) is 44.5. The van der Waals surface area contributed by atoms with Gasteiger partial charge < -0.3 is 54.9 Å². The molecule has 6 aromatic rings. The maximum Gasteiger partial charge on any atom is 0.243 e. The molecule has 0 radical (unpaired) electrons. The Balaban J connectivity index is 0.638. The molecule has 2 aromatic carbocycles. The predicted molar refractivity (Wildman–Crippen MR) is 291 cm³/mol. The van der Waals surface area contributed by atoms with Crippen LogP contribution in [0.1, 0.15) is 108 Å². The Hall–Kier alpha value is -6.83. The molecular formula is C57H69N11O7S. The van der Waals surface area contributed by atoms with Crippen molar-refractivity contribution < 1.29 is 33.8 Å². The molecule has 5 N–H and O–H groups in total. The molecule has 18 nitrogen and oxygen atoms in total. The number of piperazine rings is 1. The van der Waals surface area contributed by atoms with Crippen molar-refractivity contribution in [3.63, 3.8) is 0 Å². The first-order valence-electron chi connectivity index (χ1n) is 27.1. The van der Waals surface area contributed by atoms with Crippen molar-refractivity contribution in [2.24, 2.45) is 5.92 Å². The third kappa shape index (κ3) is 10.8. The van der Waals surface area contributed by atoms with E-state index in [9.17, 15) is 19.8 Å². The van der Waals surface area contributed by atoms with Crippen LogP contribution in [0.5, 0.6) is 11.6 Å². The monoisotopic (exact) mass is 1050 g/mol. The highest BCUT2D eigenvalue weighted by Gasteiger charge is 2.44. The van der Waals surface area contributed by atoms with E-state index in [0.717, 1.165) is 111 Å². The number of phenolic OH excluding ortho intramolecular Hbond substituents is 1. The quantitative estimate of drug-likeness (QED) is 0.0764. The average Bonchev–Trinajstić information content (AvgIpc) is 4.25. The van der Waals surface area contributed by atoms with Gasteiger partial charge in [0, 0.05) is 80.8 Å². The number of thiazole rings is 1. The Morgan fingerprint density at radius 3 is 2.28 bits per heavy atom. The zero-order chi connectivity index (χ0) is 52.6. The molecular weight excluding hydrogens is 983 g/mol. The highest BCUT2D eigenvalue weighted by atomic mass is 32.1. The number of likely N-dealkylation sites (tertiary alicyclic amines) is 1. The molecule has 11 rings (SSSR count). The number of fused-ring (bicyclic) bond motifs is 2. The number of aromatic hydroxyl groups is 1. The number of hydrogen-bond donors (Lipinski definition) is 4. The largest absolute Gasteiger partial charge is 0.507 e. The summed E-state index contributed by atoms with van der Waals surface area (Å²) in [6, 6.07) is 22.7. The smallest absolute Gasteiger partial charge is 0.243 e. The second-order valence-corrected chi connectivity index (χ2v) is 22.6. The first-order chi connectivity index (χ1) is 36.8. The SMILES string of the molecule is Cc1ncsc1-c1ccc([C@H](C)NC(=O)[C@@H]2C[C@@H](O)CN2C(=O)[C@@H](c2cc(N3CCC(OC4CCC(Oc5cc(N6C7CC[C@H]6CN(c6cc(-c8ccccc8O)nnc6N)C7)ccn5)CC4)CC3)no2)C(C)C)cc1. The van der Waals surface area contributed by atoms with Crippen LogP contribution >= 0.6 is 11.3 Å². The number of nitrogens with zero attached hydrogens (tertiary/aromatic N) is 9. The maximum atomic E-state index is 14.4. The number of nitrogen functional groups attached to an aromatic ring is 1. The van der Waals surface area contributed by atoms with Crippen LogP contribution < -0.4 is 30.5 Å². The minimum atomic E-state index is -0.814. The van der Waals surface area contributed by atoms with Crippen molar-refractivity contribution in [1.29, 1.82) is 0 Å². The molecule has 400 valence electrons. The second kappa shape index (κ2) is 22.0. The molecule has 1 unspecified atom stereocenters. The number of carbonyl (C=O) groups is 2. The molecule has 5 fully saturated rings. The number of aliphatic hydroxyl groups is 1. The van der Waals surface area contributed by atoms with E-state index in [2.05, 4.69) is 57.5 Å². The van der Waals surface area contributed by atoms with Gasteiger partial charge in [0.2, 0.25) is 17.7 Å². The molecule has 0 spiro atoms. The van der Waals surface area contributed by atoms with Gasteiger partial charge in [0.1, 0.15) is 23.8 Å². The van der Waals surface area contributed by atoms with Crippen molar-refractivity contribution in [1.82, 2.24) is 35.5 Å². The van der Waals surface area contributed by atoms with E-state index in [0.29, 0.717) is 34.5 Å². The standard InChI is InChI=1S/C57H69N11O7S/c1-33(2)53(57(72)67-31-41(69)26-48(67)56(71)61-34(3)36-9-11-37(12-10-36)54-35(4)60-32-76-54)50-28-51(64-75-50)65-23-20-44(21-24-65)73-42-15-17-43(18-16-42)74-52-25-38(19-22-59-52)68-39-13-14-40(68)30-66(29-39)47-27-46(62-63-55(47)58)45-7-5-6-8-49(45)70/h5-12,19,22,25,27-28,32-34,39-44,48,53,69-70H,13-18,20-21,23-24,26,29-31H2,1-4H3,(H2,58,63)(H,61,71)/t34-,39-,40?,41+,42?,43?,48-,53+/m0/s1. The summed E-state index contributed by atoms with van der Waals surface area (Å²) in [7, 11) is 0. The summed E-state index contributed by atoms with van der Waals surface area (Å²) < 4.78 is 19.2. The first kappa shape index (κ1) is 51.3. The van der Waals surface area contributed by atoms with Crippen LogP contribution in [0.4, 0.5) is 23.0 Å². The molecule has 1 saturated carbocycles. The van der Waals surface area contributed by atoms with Crippen LogP contribution in [0.3, 0.4) is 0 Å². The van der Waals surface area contributed by atoms with E-state index in [1.54, 1.807) is 23.5 Å². The van der Waals surface area contributed by atoms with Crippen molar-refractivity contribution in [3.8, 4) is 33.3 Å². The number of anilines is 4. The Labute approximate surface area is 447 Å². The van der Waals surface area contributed by atoms with E-state index in [4.69, 9.17) is 19.7 Å². The van der Waals surface area contributed by atoms with Gasteiger partial charge in [-0.25, -0.2) is 9.97 Å². The van der Waals surface area contributed by atoms with E-state index in [1.807, 2.05) is 87.9 Å². The third-order valence-corrected chi connectivity index (χ3v) is 17.3. The first-order valence-corrected chi connectivity index (χ1v) is 27.9. The van der Waals surface area contributed by atoms with Crippen LogP contribution in [-0.2, 0) is 14.3 Å². The topological polar surface area (TPSA) is 222 Å². The lowest BCUT2D eigenvalue weighted by atomic mass is 9.91. The van der Waals surface area contributed by atoms with Gasteiger partial charge in [0.05, 0.1) is 51.8 Å². The number of para-hydroxylation sites is 1. The van der Waals surface area contributed by atoms with Gasteiger partial charge in [-0.2, -0.15) is 0 Å². The van der Waals surface area contributed by atoms with E-state index in [1.165, 1.54) is 4.90 Å². The molecule has 6 atom stereocenters. The van der Waals surface area contributed by atoms with Crippen LogP contribution in [0.25, 0.3) is 21.7 Å². The second-order valence-electron chi connectivity index (χ2n) is 21.7. The number of carbonyl (C=O) groups excluding carboxylic acids is 2. The summed E-state index contributed by atoms with van der Waals surface area (Å²) >= 11 is 1.60. The summed E-state index contributed by atoms with van der Waals surface area (Å²) in [5.74, 6) is 0.959. The predicted octanol–water partition coefficient (Wildman–Crippen LogP) is 8.06. The molecule has 1 aliphatic carbocycles. The number of rotatable bonds is 15. The number of nitrogens with one attached hydrogen (secondary N) is 1. The van der Waals surface area contributed by atoms with Crippen molar-refractivity contribution in [2.45, 2.75) is 140 Å². The van der Waals surface area contributed by atoms with Gasteiger partial charge in [-0.05, 0) is 107 Å². The molecule has 5 aliphatic rings. The number of aromatic nitrogens is 5. The number of piperidine rings is 1. The maximum absolute atomic E-state index is 14.4. The number of nitrogens with two attached hydrogens (primary N) is 1. The Morgan fingerprint density at radius 2 is 1.57 bits per heavy atom. The average molecular weight is 1050 g/mol. The number of phenols is 1. The zero-order valence-electron chi connectivity index (χ0n) is 43.7. The van der Waals surface area contributed by atoms with Crippen molar-refractivity contribution >= 4 is 46.2 Å². The minimum Gasteiger partial charge on any atom is -0.507 e. The van der Waals surface area contributed by atoms with Crippen LogP contribution in [-0.4, -0.2) is 128 Å². The number of pyridine rings is 1. The van der Waals surface area contributed by atoms with Crippen LogP contribution in [0.2, 0.25) is 0 Å². The van der Waals surface area contributed by atoms with E-state index in [-0.39, 0.29) is 72.9 Å². The van der Waals surface area contributed by atoms with Gasteiger partial charge in [0.15, 0.2) is 17.4 Å². The van der Waals surface area contributed by atoms with Crippen LogP contribution in [0, 0.1) is 12.8 Å². The fourth-order valence-corrected chi connectivity index (χ4v) is 13.1.